The predicted molar refractivity (Wildman–Crippen MR) is 66.3 cm³/mol. The van der Waals surface area contributed by atoms with E-state index >= 15 is 0 Å². The van der Waals surface area contributed by atoms with Crippen LogP contribution in [0.3, 0.4) is 0 Å². The molecule has 6 heteroatoms. The number of hydrogen-bond donors (Lipinski definition) is 1. The molecule has 5 nitrogen and oxygen atoms in total. The number of carbonyl (C=O) groups is 3. The van der Waals surface area contributed by atoms with Crippen LogP contribution in [-0.4, -0.2) is 23.8 Å². The minimum Gasteiger partial charge on any atom is -0.444 e. The van der Waals surface area contributed by atoms with Crippen molar-refractivity contribution in [1.82, 2.24) is 0 Å². The zero-order valence-electron chi connectivity index (χ0n) is 9.90. The lowest BCUT2D eigenvalue weighted by Crippen LogP contribution is -2.37. The Bertz CT molecular complexity index is 487. The number of esters is 1. The van der Waals surface area contributed by atoms with E-state index in [0.29, 0.717) is 10.7 Å². The van der Waals surface area contributed by atoms with Gasteiger partial charge in [0, 0.05) is 6.92 Å². The quantitative estimate of drug-likeness (QED) is 0.668. The number of benzene rings is 1. The topological polar surface area (TPSA) is 72.5 Å². The number of halogens is 1. The molecular formula is C12H12ClNO4. The summed E-state index contributed by atoms with van der Waals surface area (Å²) in [5.74, 6) is -2.00. The molecule has 0 spiro atoms. The summed E-state index contributed by atoms with van der Waals surface area (Å²) in [6, 6.07) is 6.54. The third-order valence-corrected chi connectivity index (χ3v) is 2.35. The van der Waals surface area contributed by atoms with Crippen LogP contribution in [0.4, 0.5) is 5.69 Å². The van der Waals surface area contributed by atoms with Crippen LogP contribution >= 0.6 is 11.6 Å². The van der Waals surface area contributed by atoms with Crippen molar-refractivity contribution in [2.75, 3.05) is 5.32 Å². The Labute approximate surface area is 109 Å². The molecule has 0 aromatic heterocycles. The Morgan fingerprint density at radius 2 is 1.83 bits per heavy atom. The maximum Gasteiger partial charge on any atom is 0.303 e. The minimum absolute atomic E-state index is 0.330. The monoisotopic (exact) mass is 269 g/mol. The van der Waals surface area contributed by atoms with Gasteiger partial charge in [-0.2, -0.15) is 0 Å². The minimum atomic E-state index is -1.46. The fraction of sp³-hybridized carbons (Fsp3) is 0.250. The number of amides is 1. The van der Waals surface area contributed by atoms with E-state index in [1.54, 1.807) is 24.3 Å². The molecule has 1 amide bonds. The maximum absolute atomic E-state index is 11.8. The van der Waals surface area contributed by atoms with Crippen LogP contribution in [-0.2, 0) is 19.1 Å². The summed E-state index contributed by atoms with van der Waals surface area (Å²) in [6.45, 7) is 2.29. The summed E-state index contributed by atoms with van der Waals surface area (Å²) in [5, 5.41) is 2.76. The predicted octanol–water partition coefficient (Wildman–Crippen LogP) is 1.80. The Balaban J connectivity index is 2.82. The second-order valence-corrected chi connectivity index (χ2v) is 3.98. The fourth-order valence-electron chi connectivity index (χ4n) is 1.25. The van der Waals surface area contributed by atoms with Gasteiger partial charge in [0.2, 0.25) is 6.10 Å². The summed E-state index contributed by atoms with van der Waals surface area (Å²) in [7, 11) is 0. The second-order valence-electron chi connectivity index (χ2n) is 3.57. The van der Waals surface area contributed by atoms with E-state index < -0.39 is 23.8 Å². The van der Waals surface area contributed by atoms with Gasteiger partial charge >= 0.3 is 5.97 Å². The first-order valence-corrected chi connectivity index (χ1v) is 5.52. The van der Waals surface area contributed by atoms with Crippen molar-refractivity contribution in [3.63, 3.8) is 0 Å². The summed E-state index contributed by atoms with van der Waals surface area (Å²) in [6.07, 6.45) is -1.46. The van der Waals surface area contributed by atoms with E-state index in [0.717, 1.165) is 6.92 Å². The number of rotatable bonds is 4. The zero-order valence-corrected chi connectivity index (χ0v) is 10.7. The van der Waals surface area contributed by atoms with Crippen LogP contribution in [0, 0.1) is 0 Å². The molecule has 0 aliphatic rings. The SMILES string of the molecule is CC(=O)O[C@@H](C(C)=O)C(=O)Nc1ccccc1Cl. The molecular weight excluding hydrogens is 258 g/mol. The Hall–Kier alpha value is -1.88. The second kappa shape index (κ2) is 6.16. The molecule has 96 valence electrons. The van der Waals surface area contributed by atoms with E-state index in [4.69, 9.17) is 11.6 Å². The summed E-state index contributed by atoms with van der Waals surface area (Å²) >= 11 is 5.85. The van der Waals surface area contributed by atoms with E-state index in [9.17, 15) is 14.4 Å². The molecule has 0 aliphatic heterocycles. The van der Waals surface area contributed by atoms with Gasteiger partial charge in [-0.05, 0) is 19.1 Å². The van der Waals surface area contributed by atoms with Gasteiger partial charge in [0.05, 0.1) is 10.7 Å². The molecule has 18 heavy (non-hydrogen) atoms. The van der Waals surface area contributed by atoms with E-state index in [2.05, 4.69) is 10.1 Å². The molecule has 1 atom stereocenters. The zero-order chi connectivity index (χ0) is 13.7. The molecule has 0 fully saturated rings. The van der Waals surface area contributed by atoms with Crippen molar-refractivity contribution in [2.24, 2.45) is 0 Å². The smallest absolute Gasteiger partial charge is 0.303 e. The first-order valence-electron chi connectivity index (χ1n) is 5.15. The maximum atomic E-state index is 11.8. The van der Waals surface area contributed by atoms with E-state index in [-0.39, 0.29) is 0 Å². The molecule has 0 aliphatic carbocycles. The lowest BCUT2D eigenvalue weighted by molar-refractivity contribution is -0.157. The van der Waals surface area contributed by atoms with Gasteiger partial charge in [-0.15, -0.1) is 0 Å². The standard InChI is InChI=1S/C12H12ClNO4/c1-7(15)11(18-8(2)16)12(17)14-10-6-4-3-5-9(10)13/h3-6,11H,1-2H3,(H,14,17)/t11-/m0/s1. The molecule has 0 unspecified atom stereocenters. The first-order chi connectivity index (χ1) is 8.41. The van der Waals surface area contributed by atoms with Gasteiger partial charge in [0.25, 0.3) is 5.91 Å². The third kappa shape index (κ3) is 3.85. The molecule has 0 radical (unpaired) electrons. The molecule has 0 saturated heterocycles. The summed E-state index contributed by atoms with van der Waals surface area (Å²) in [5.41, 5.74) is 0.350. The fourth-order valence-corrected chi connectivity index (χ4v) is 1.43. The highest BCUT2D eigenvalue weighted by Crippen LogP contribution is 2.20. The lowest BCUT2D eigenvalue weighted by Gasteiger charge is -2.14. The number of carbonyl (C=O) groups excluding carboxylic acids is 3. The average molecular weight is 270 g/mol. The Morgan fingerprint density at radius 3 is 2.33 bits per heavy atom. The van der Waals surface area contributed by atoms with Crippen molar-refractivity contribution < 1.29 is 19.1 Å². The van der Waals surface area contributed by atoms with Crippen molar-refractivity contribution in [1.29, 1.82) is 0 Å². The molecule has 1 aromatic rings. The molecule has 1 N–H and O–H groups in total. The Kier molecular flexibility index (Phi) is 4.85. The van der Waals surface area contributed by atoms with Gasteiger partial charge in [-0.25, -0.2) is 0 Å². The molecule has 0 saturated carbocycles. The number of anilines is 1. The van der Waals surface area contributed by atoms with E-state index in [1.165, 1.54) is 6.92 Å². The van der Waals surface area contributed by atoms with Crippen molar-refractivity contribution >= 4 is 34.9 Å². The van der Waals surface area contributed by atoms with Crippen molar-refractivity contribution in [3.05, 3.63) is 29.3 Å². The molecule has 0 heterocycles. The lowest BCUT2D eigenvalue weighted by atomic mass is 10.2. The average Bonchev–Trinajstić information content (AvgIpc) is 2.28. The van der Waals surface area contributed by atoms with Gasteiger partial charge < -0.3 is 10.1 Å². The van der Waals surface area contributed by atoms with Crippen LogP contribution in [0.5, 0.6) is 0 Å². The molecule has 1 aromatic carbocycles. The van der Waals surface area contributed by atoms with Crippen molar-refractivity contribution in [2.45, 2.75) is 20.0 Å². The van der Waals surface area contributed by atoms with Crippen LogP contribution in [0.25, 0.3) is 0 Å². The summed E-state index contributed by atoms with van der Waals surface area (Å²) in [4.78, 5) is 33.8. The molecule has 1 rings (SSSR count). The normalized spacial score (nSPS) is 11.5. The number of ketones is 1. The highest BCUT2D eigenvalue weighted by Gasteiger charge is 2.26. The van der Waals surface area contributed by atoms with E-state index in [1.807, 2.05) is 0 Å². The molecule has 0 bridgehead atoms. The van der Waals surface area contributed by atoms with Gasteiger partial charge in [-0.1, -0.05) is 23.7 Å². The van der Waals surface area contributed by atoms with Gasteiger partial charge in [0.15, 0.2) is 5.78 Å². The number of Topliss-reactive ketones (excluding diaryl/α,β-unsaturated/α-hetero) is 1. The number of nitrogens with one attached hydrogen (secondary N) is 1. The summed E-state index contributed by atoms with van der Waals surface area (Å²) < 4.78 is 4.64. The third-order valence-electron chi connectivity index (χ3n) is 2.02. The van der Waals surface area contributed by atoms with Crippen molar-refractivity contribution in [3.8, 4) is 0 Å². The van der Waals surface area contributed by atoms with Crippen LogP contribution in [0.1, 0.15) is 13.8 Å². The first kappa shape index (κ1) is 14.2. The highest BCUT2D eigenvalue weighted by atomic mass is 35.5. The highest BCUT2D eigenvalue weighted by molar-refractivity contribution is 6.33. The van der Waals surface area contributed by atoms with Crippen LogP contribution < -0.4 is 5.32 Å². The van der Waals surface area contributed by atoms with Gasteiger partial charge in [-0.3, -0.25) is 14.4 Å². The van der Waals surface area contributed by atoms with Gasteiger partial charge in [0.1, 0.15) is 0 Å². The van der Waals surface area contributed by atoms with Crippen LogP contribution in [0.15, 0.2) is 24.3 Å². The largest absolute Gasteiger partial charge is 0.444 e. The van der Waals surface area contributed by atoms with Crippen LogP contribution in [0.2, 0.25) is 5.02 Å². The Morgan fingerprint density at radius 1 is 1.22 bits per heavy atom. The number of ether oxygens (including phenoxy) is 1. The number of para-hydroxylation sites is 1. The number of hydrogen-bond acceptors (Lipinski definition) is 4.